The summed E-state index contributed by atoms with van der Waals surface area (Å²) in [5, 5.41) is 40.4. The second kappa shape index (κ2) is 21.3. The highest BCUT2D eigenvalue weighted by atomic mass is 16.5. The summed E-state index contributed by atoms with van der Waals surface area (Å²) >= 11 is 0. The smallest absolute Gasteiger partial charge is 0.133 e. The Morgan fingerprint density at radius 1 is 0.216 bits per heavy atom. The van der Waals surface area contributed by atoms with Crippen LogP contribution in [0, 0.1) is 125 Å². The van der Waals surface area contributed by atoms with Gasteiger partial charge in [-0.05, 0) is 332 Å². The van der Waals surface area contributed by atoms with Crippen molar-refractivity contribution in [2.75, 3.05) is 0 Å². The molecule has 74 heavy (non-hydrogen) atoms. The van der Waals surface area contributed by atoms with Crippen molar-refractivity contribution in [2.24, 2.45) is 0 Å². The SMILES string of the molecule is Cc1cc(Oc2c(C)cc(-c3cc(C)c(Oc4cc(C)c(O)c(C)c4)c(C)c3)cc2C)cc(C)c1O.Cc1cc(Oc2c(C)cc(-c3cc(C)c(Oc4cc(C)c(O)c(C)c4)c(C)c3C)c(C)c2C)cc(C)c1O. The van der Waals surface area contributed by atoms with Crippen LogP contribution in [0.4, 0.5) is 0 Å². The lowest BCUT2D eigenvalue weighted by Gasteiger charge is -2.22. The van der Waals surface area contributed by atoms with Crippen molar-refractivity contribution in [3.8, 4) is 91.2 Å². The molecule has 0 atom stereocenters. The van der Waals surface area contributed by atoms with Gasteiger partial charge in [0.1, 0.15) is 69.0 Å². The molecule has 0 bridgehead atoms. The maximum atomic E-state index is 10.1. The van der Waals surface area contributed by atoms with Crippen molar-refractivity contribution < 1.29 is 39.4 Å². The molecular formula is C66H72O8. The van der Waals surface area contributed by atoms with Gasteiger partial charge in [0.2, 0.25) is 0 Å². The number of hydrogen-bond donors (Lipinski definition) is 4. The van der Waals surface area contributed by atoms with Crippen molar-refractivity contribution >= 4 is 0 Å². The van der Waals surface area contributed by atoms with Crippen LogP contribution in [0.5, 0.6) is 69.0 Å². The zero-order chi connectivity index (χ0) is 54.4. The quantitative estimate of drug-likeness (QED) is 0.107. The van der Waals surface area contributed by atoms with Crippen molar-refractivity contribution in [3.05, 3.63) is 185 Å². The standard InChI is InChI=1S/C34H38O4.C32H34O4/c1-17-11-27(12-18(2)31(17)35)37-33-21(5)15-29(23(7)25(33)9)30-16-22(6)34(26(10)24(30)8)38-28-13-19(3)32(36)20(4)14-28;1-17-13-27(14-18(2)29(17)33)35-31-21(5)9-25(10-22(31)6)26-11-23(7)32(24(8)12-26)36-28-15-19(3)30(34)20(4)16-28/h11-16,35-36H,1-10H3;9-16,33-34H,1-8H3. The Bertz CT molecular complexity index is 3150. The van der Waals surface area contributed by atoms with Crippen molar-refractivity contribution in [1.82, 2.24) is 0 Å². The van der Waals surface area contributed by atoms with Crippen LogP contribution in [0.1, 0.15) is 100 Å². The van der Waals surface area contributed by atoms with Gasteiger partial charge in [0, 0.05) is 0 Å². The van der Waals surface area contributed by atoms with Crippen LogP contribution in [0.2, 0.25) is 0 Å². The Hall–Kier alpha value is -7.84. The zero-order valence-corrected chi connectivity index (χ0v) is 46.5. The lowest BCUT2D eigenvalue weighted by atomic mass is 9.88. The van der Waals surface area contributed by atoms with Gasteiger partial charge in [-0.15, -0.1) is 0 Å². The molecule has 0 aromatic heterocycles. The third-order valence-electron chi connectivity index (χ3n) is 14.3. The molecule has 0 aliphatic rings. The maximum absolute atomic E-state index is 10.1. The number of ether oxygens (including phenoxy) is 4. The third kappa shape index (κ3) is 11.1. The van der Waals surface area contributed by atoms with E-state index in [1.54, 1.807) is 0 Å². The van der Waals surface area contributed by atoms with Crippen LogP contribution in [0.3, 0.4) is 0 Å². The van der Waals surface area contributed by atoms with Crippen LogP contribution in [0.15, 0.2) is 84.9 Å². The lowest BCUT2D eigenvalue weighted by molar-refractivity contribution is 0.454. The summed E-state index contributed by atoms with van der Waals surface area (Å²) in [6, 6.07) is 27.9. The van der Waals surface area contributed by atoms with E-state index in [-0.39, 0.29) is 0 Å². The minimum Gasteiger partial charge on any atom is -0.507 e. The van der Waals surface area contributed by atoms with Gasteiger partial charge in [-0.3, -0.25) is 0 Å². The number of aromatic hydroxyl groups is 4. The Morgan fingerprint density at radius 2 is 0.405 bits per heavy atom. The molecule has 0 saturated heterocycles. The minimum atomic E-state index is 0.306. The lowest BCUT2D eigenvalue weighted by Crippen LogP contribution is -2.01. The highest BCUT2D eigenvalue weighted by Crippen LogP contribution is 2.44. The first-order valence-corrected chi connectivity index (χ1v) is 25.1. The third-order valence-corrected chi connectivity index (χ3v) is 14.3. The topological polar surface area (TPSA) is 118 Å². The Kier molecular flexibility index (Phi) is 15.5. The highest BCUT2D eigenvalue weighted by Gasteiger charge is 2.21. The van der Waals surface area contributed by atoms with E-state index in [1.165, 1.54) is 11.1 Å². The number of hydrogen-bond acceptors (Lipinski definition) is 8. The second-order valence-corrected chi connectivity index (χ2v) is 20.5. The van der Waals surface area contributed by atoms with E-state index >= 15 is 0 Å². The van der Waals surface area contributed by atoms with Crippen LogP contribution < -0.4 is 18.9 Å². The van der Waals surface area contributed by atoms with Crippen LogP contribution in [0.25, 0.3) is 22.3 Å². The molecule has 8 nitrogen and oxygen atoms in total. The average molecular weight is 993 g/mol. The van der Waals surface area contributed by atoms with Gasteiger partial charge in [-0.25, -0.2) is 0 Å². The predicted molar refractivity (Wildman–Crippen MR) is 302 cm³/mol. The molecular weight excluding hydrogens is 921 g/mol. The first kappa shape index (κ1) is 53.9. The Labute approximate surface area is 438 Å². The number of rotatable bonds is 10. The van der Waals surface area contributed by atoms with Gasteiger partial charge in [0.05, 0.1) is 0 Å². The van der Waals surface area contributed by atoms with Gasteiger partial charge >= 0.3 is 0 Å². The number of benzene rings is 8. The molecule has 8 aromatic rings. The summed E-state index contributed by atoms with van der Waals surface area (Å²) in [4.78, 5) is 0. The molecule has 0 saturated carbocycles. The molecule has 0 unspecified atom stereocenters. The maximum Gasteiger partial charge on any atom is 0.133 e. The fraction of sp³-hybridized carbons (Fsp3) is 0.273. The summed E-state index contributed by atoms with van der Waals surface area (Å²) in [6.45, 7) is 35.9. The highest BCUT2D eigenvalue weighted by molar-refractivity contribution is 5.78. The fourth-order valence-corrected chi connectivity index (χ4v) is 9.92. The summed E-state index contributed by atoms with van der Waals surface area (Å²) in [5.41, 5.74) is 21.7. The van der Waals surface area contributed by atoms with Gasteiger partial charge in [-0.2, -0.15) is 0 Å². The molecule has 8 heteroatoms. The van der Waals surface area contributed by atoms with E-state index < -0.39 is 0 Å². The number of phenolic OH excluding ortho intramolecular Hbond substituents is 4. The minimum absolute atomic E-state index is 0.306. The van der Waals surface area contributed by atoms with Gasteiger partial charge in [0.25, 0.3) is 0 Å². The molecule has 0 radical (unpaired) electrons. The fourth-order valence-electron chi connectivity index (χ4n) is 9.92. The molecule has 8 rings (SSSR count). The van der Waals surface area contributed by atoms with Gasteiger partial charge in [-0.1, -0.05) is 0 Å². The normalized spacial score (nSPS) is 11.1. The number of aryl methyl sites for hydroxylation is 14. The van der Waals surface area contributed by atoms with Crippen molar-refractivity contribution in [1.29, 1.82) is 0 Å². The van der Waals surface area contributed by atoms with Gasteiger partial charge < -0.3 is 39.4 Å². The molecule has 0 spiro atoms. The van der Waals surface area contributed by atoms with Crippen LogP contribution in [-0.2, 0) is 0 Å². The molecule has 384 valence electrons. The Morgan fingerprint density at radius 3 is 0.622 bits per heavy atom. The second-order valence-electron chi connectivity index (χ2n) is 20.5. The molecule has 4 N–H and O–H groups in total. The average Bonchev–Trinajstić information content (AvgIpc) is 3.33. The monoisotopic (exact) mass is 993 g/mol. The zero-order valence-electron chi connectivity index (χ0n) is 46.5. The summed E-state index contributed by atoms with van der Waals surface area (Å²) < 4.78 is 25.3. The Balaban J connectivity index is 0.000000217. The van der Waals surface area contributed by atoms with E-state index in [0.29, 0.717) is 23.0 Å². The summed E-state index contributed by atoms with van der Waals surface area (Å²) in [6.07, 6.45) is 0. The van der Waals surface area contributed by atoms with E-state index in [0.717, 1.165) is 157 Å². The summed E-state index contributed by atoms with van der Waals surface area (Å²) in [7, 11) is 0. The molecule has 0 aliphatic carbocycles. The van der Waals surface area contributed by atoms with E-state index in [9.17, 15) is 20.4 Å². The van der Waals surface area contributed by atoms with E-state index in [2.05, 4.69) is 106 Å². The molecule has 0 heterocycles. The van der Waals surface area contributed by atoms with E-state index in [1.807, 2.05) is 104 Å². The predicted octanol–water partition coefficient (Wildman–Crippen LogP) is 18.3. The first-order valence-electron chi connectivity index (χ1n) is 25.1. The molecule has 0 aliphatic heterocycles. The van der Waals surface area contributed by atoms with Gasteiger partial charge in [0.15, 0.2) is 0 Å². The molecule has 0 amide bonds. The molecule has 8 aromatic carbocycles. The largest absolute Gasteiger partial charge is 0.507 e. The van der Waals surface area contributed by atoms with Crippen molar-refractivity contribution in [3.63, 3.8) is 0 Å². The number of phenols is 4. The molecule has 0 fully saturated rings. The van der Waals surface area contributed by atoms with E-state index in [4.69, 9.17) is 18.9 Å². The van der Waals surface area contributed by atoms with Crippen LogP contribution in [-0.4, -0.2) is 20.4 Å². The first-order chi connectivity index (χ1) is 34.7. The summed E-state index contributed by atoms with van der Waals surface area (Å²) in [5.74, 6) is 7.46. The van der Waals surface area contributed by atoms with Crippen molar-refractivity contribution in [2.45, 2.75) is 125 Å². The van der Waals surface area contributed by atoms with Crippen LogP contribution >= 0.6 is 0 Å².